The minimum absolute atomic E-state index is 0.677. The van der Waals surface area contributed by atoms with E-state index in [9.17, 15) is 43.3 Å². The van der Waals surface area contributed by atoms with Crippen LogP contribution in [0, 0.1) is 0 Å². The highest BCUT2D eigenvalue weighted by Crippen LogP contribution is 2.66. The van der Waals surface area contributed by atoms with Crippen molar-refractivity contribution in [2.75, 3.05) is 0 Å². The van der Waals surface area contributed by atoms with Crippen LogP contribution in [0.3, 0.4) is 0 Å². The molecular formula is C12H20N3O15P3. The smallest absolute Gasteiger partial charge is 0.387 e. The predicted octanol–water partition coefficient (Wildman–Crippen LogP) is -2.62. The van der Waals surface area contributed by atoms with Gasteiger partial charge in [-0.3, -0.25) is 18.9 Å². The lowest BCUT2D eigenvalue weighted by Gasteiger charge is -2.30. The molecule has 18 nitrogen and oxygen atoms in total. The molecular weight excluding hydrogens is 519 g/mol. The number of H-pyrrole nitrogens is 1. The molecule has 8 atom stereocenters. The van der Waals surface area contributed by atoms with Crippen LogP contribution in [0.1, 0.15) is 6.23 Å². The van der Waals surface area contributed by atoms with Gasteiger partial charge in [0.05, 0.1) is 6.04 Å². The van der Waals surface area contributed by atoms with E-state index in [1.807, 2.05) is 4.98 Å². The summed E-state index contributed by atoms with van der Waals surface area (Å²) in [5.41, 5.74) is 3.88. The zero-order valence-electron chi connectivity index (χ0n) is 16.1. The Morgan fingerprint density at radius 3 is 2.24 bits per heavy atom. The fourth-order valence-electron chi connectivity index (χ4n) is 2.75. The summed E-state index contributed by atoms with van der Waals surface area (Å²) in [5, 5.41) is 20.6. The van der Waals surface area contributed by atoms with E-state index in [1.165, 1.54) is 0 Å². The van der Waals surface area contributed by atoms with Crippen molar-refractivity contribution in [3.05, 3.63) is 45.8 Å². The highest BCUT2D eigenvalue weighted by Gasteiger charge is 2.52. The van der Waals surface area contributed by atoms with Gasteiger partial charge in [0.15, 0.2) is 6.23 Å². The highest BCUT2D eigenvalue weighted by molar-refractivity contribution is 7.66. The van der Waals surface area contributed by atoms with E-state index in [1.54, 1.807) is 0 Å². The SMILES string of the molecule is C=CC(N)C(OP(=O)(O)OP(=O)(O)OP(=O)(O)O)[C@H]1O[C@@H](n2ccc(=O)[nH]c2=O)[C@H](O)[C@@H]1O. The van der Waals surface area contributed by atoms with Crippen molar-refractivity contribution < 1.29 is 61.4 Å². The molecule has 1 aromatic heterocycles. The average molecular weight is 539 g/mol. The minimum Gasteiger partial charge on any atom is -0.387 e. The monoisotopic (exact) mass is 539 g/mol. The largest absolute Gasteiger partial charge is 0.490 e. The third kappa shape index (κ3) is 7.32. The maximum atomic E-state index is 12.2. The minimum atomic E-state index is -5.86. The van der Waals surface area contributed by atoms with Crippen molar-refractivity contribution in [1.29, 1.82) is 0 Å². The van der Waals surface area contributed by atoms with E-state index in [0.717, 1.165) is 18.3 Å². The molecule has 4 unspecified atom stereocenters. The predicted molar refractivity (Wildman–Crippen MR) is 104 cm³/mol. The van der Waals surface area contributed by atoms with Crippen LogP contribution >= 0.6 is 23.5 Å². The number of rotatable bonds is 10. The van der Waals surface area contributed by atoms with Crippen LogP contribution in [0.5, 0.6) is 0 Å². The molecule has 0 amide bonds. The molecule has 0 aliphatic carbocycles. The van der Waals surface area contributed by atoms with E-state index in [0.29, 0.717) is 4.57 Å². The lowest BCUT2D eigenvalue weighted by atomic mass is 10.0. The number of phosphoric ester groups is 1. The topological polar surface area (TPSA) is 290 Å². The molecule has 1 aliphatic rings. The summed E-state index contributed by atoms with van der Waals surface area (Å²) in [6.07, 6.45) is -7.38. The van der Waals surface area contributed by atoms with Gasteiger partial charge in [0, 0.05) is 12.3 Å². The van der Waals surface area contributed by atoms with Gasteiger partial charge in [-0.25, -0.2) is 18.5 Å². The number of hydrogen-bond acceptors (Lipinski definition) is 12. The molecule has 2 rings (SSSR count). The Hall–Kier alpha value is -1.33. The number of aliphatic hydroxyl groups excluding tert-OH is 2. The van der Waals surface area contributed by atoms with Crippen molar-refractivity contribution in [2.45, 2.75) is 36.7 Å². The van der Waals surface area contributed by atoms with E-state index >= 15 is 0 Å². The van der Waals surface area contributed by atoms with E-state index < -0.39 is 71.4 Å². The molecule has 188 valence electrons. The van der Waals surface area contributed by atoms with Gasteiger partial charge in [-0.2, -0.15) is 8.62 Å². The molecule has 1 fully saturated rings. The Morgan fingerprint density at radius 1 is 1.12 bits per heavy atom. The summed E-state index contributed by atoms with van der Waals surface area (Å²) in [4.78, 5) is 61.3. The Morgan fingerprint density at radius 2 is 1.73 bits per heavy atom. The molecule has 0 spiro atoms. The Bertz CT molecular complexity index is 1130. The summed E-state index contributed by atoms with van der Waals surface area (Å²) in [6.45, 7) is 3.31. The van der Waals surface area contributed by atoms with Gasteiger partial charge in [-0.1, -0.05) is 6.08 Å². The maximum Gasteiger partial charge on any atom is 0.490 e. The Labute approximate surface area is 183 Å². The van der Waals surface area contributed by atoms with Crippen molar-refractivity contribution >= 4 is 23.5 Å². The van der Waals surface area contributed by atoms with Gasteiger partial charge < -0.3 is 40.3 Å². The lowest BCUT2D eigenvalue weighted by molar-refractivity contribution is -0.0858. The quantitative estimate of drug-likeness (QED) is 0.111. The van der Waals surface area contributed by atoms with Crippen LogP contribution in [0.15, 0.2) is 34.5 Å². The molecule has 9 N–H and O–H groups in total. The van der Waals surface area contributed by atoms with Crippen LogP contribution in [-0.2, 0) is 31.6 Å². The fourth-order valence-corrected chi connectivity index (χ4v) is 5.98. The molecule has 1 saturated heterocycles. The van der Waals surface area contributed by atoms with Crippen LogP contribution in [-0.4, -0.2) is 69.8 Å². The number of aromatic amines is 1. The first kappa shape index (κ1) is 27.9. The number of ether oxygens (including phenoxy) is 1. The van der Waals surface area contributed by atoms with E-state index in [4.69, 9.17) is 20.3 Å². The van der Waals surface area contributed by atoms with E-state index in [-0.39, 0.29) is 0 Å². The van der Waals surface area contributed by atoms with Crippen LogP contribution in [0.25, 0.3) is 0 Å². The van der Waals surface area contributed by atoms with Crippen molar-refractivity contribution in [2.24, 2.45) is 5.73 Å². The van der Waals surface area contributed by atoms with Gasteiger partial charge in [0.25, 0.3) is 5.56 Å². The first-order valence-corrected chi connectivity index (χ1v) is 13.0. The summed E-state index contributed by atoms with van der Waals surface area (Å²) in [7, 11) is -17.2. The average Bonchev–Trinajstić information content (AvgIpc) is 2.91. The van der Waals surface area contributed by atoms with Crippen molar-refractivity contribution in [1.82, 2.24) is 9.55 Å². The number of phosphoric acid groups is 3. The maximum absolute atomic E-state index is 12.2. The number of nitrogens with zero attached hydrogens (tertiary/aromatic N) is 1. The molecule has 33 heavy (non-hydrogen) atoms. The fraction of sp³-hybridized carbons (Fsp3) is 0.500. The van der Waals surface area contributed by atoms with Gasteiger partial charge in [-0.05, 0) is 0 Å². The van der Waals surface area contributed by atoms with Gasteiger partial charge in [0.2, 0.25) is 0 Å². The van der Waals surface area contributed by atoms with Crippen molar-refractivity contribution in [3.63, 3.8) is 0 Å². The molecule has 21 heteroatoms. The first-order chi connectivity index (χ1) is 15.0. The summed E-state index contributed by atoms with van der Waals surface area (Å²) >= 11 is 0. The number of nitrogens with one attached hydrogen (secondary N) is 1. The normalized spacial score (nSPS) is 29.1. The zero-order valence-corrected chi connectivity index (χ0v) is 18.8. The molecule has 0 aromatic carbocycles. The molecule has 0 bridgehead atoms. The number of nitrogens with two attached hydrogens (primary N) is 1. The van der Waals surface area contributed by atoms with Gasteiger partial charge in [-0.15, -0.1) is 6.58 Å². The molecule has 1 aromatic rings. The van der Waals surface area contributed by atoms with Crippen LogP contribution < -0.4 is 17.0 Å². The standard InChI is InChI=1S/C12H20N3O15P3/c1-2-5(13)9(28-32(23,24)30-33(25,26)29-31(20,21)22)10-7(17)8(18)11(27-10)15-4-3-6(16)14-12(15)19/h2-5,7-11,17-18H,1,13H2,(H,23,24)(H,25,26)(H,14,16,19)(H2,20,21,22)/t5?,7-,8+,9?,10-,11+/m0/s1. The third-order valence-electron chi connectivity index (χ3n) is 4.05. The van der Waals surface area contributed by atoms with Crippen molar-refractivity contribution in [3.8, 4) is 0 Å². The Balaban J connectivity index is 2.32. The third-order valence-corrected chi connectivity index (χ3v) is 7.88. The molecule has 2 heterocycles. The zero-order chi connectivity index (χ0) is 25.4. The summed E-state index contributed by atoms with van der Waals surface area (Å²) < 4.78 is 52.3. The highest BCUT2D eigenvalue weighted by atomic mass is 31.3. The molecule has 1 aliphatic heterocycles. The second kappa shape index (κ2) is 10.1. The summed E-state index contributed by atoms with van der Waals surface area (Å²) in [5.74, 6) is 0. The van der Waals surface area contributed by atoms with Crippen LogP contribution in [0.4, 0.5) is 0 Å². The van der Waals surface area contributed by atoms with Gasteiger partial charge in [0.1, 0.15) is 24.4 Å². The molecule has 0 saturated carbocycles. The summed E-state index contributed by atoms with van der Waals surface area (Å²) in [6, 6.07) is -0.580. The number of hydrogen-bond donors (Lipinski definition) is 8. The lowest BCUT2D eigenvalue weighted by Crippen LogP contribution is -2.48. The van der Waals surface area contributed by atoms with Crippen LogP contribution in [0.2, 0.25) is 0 Å². The first-order valence-electron chi connectivity index (χ1n) is 8.50. The second-order valence-electron chi connectivity index (χ2n) is 6.46. The van der Waals surface area contributed by atoms with Gasteiger partial charge >= 0.3 is 29.2 Å². The number of aliphatic hydroxyl groups is 2. The second-order valence-corrected chi connectivity index (χ2v) is 10.8. The Kier molecular flexibility index (Phi) is 8.55. The van der Waals surface area contributed by atoms with E-state index in [2.05, 4.69) is 19.7 Å². The number of aromatic nitrogens is 2. The molecule has 0 radical (unpaired) electrons.